The van der Waals surface area contributed by atoms with Crippen LogP contribution in [0.4, 0.5) is 5.95 Å². The molecule has 2 aliphatic rings. The van der Waals surface area contributed by atoms with Crippen molar-refractivity contribution in [1.82, 2.24) is 19.8 Å². The molecule has 1 atom stereocenters. The zero-order chi connectivity index (χ0) is 16.9. The number of amides is 1. The number of aromatic nitrogens is 2. The molecular formula is C18H29N5O. The van der Waals surface area contributed by atoms with Crippen LogP contribution in [0.5, 0.6) is 0 Å². The van der Waals surface area contributed by atoms with Gasteiger partial charge in [0.05, 0.1) is 6.54 Å². The van der Waals surface area contributed by atoms with Gasteiger partial charge in [-0.25, -0.2) is 9.97 Å². The quantitative estimate of drug-likeness (QED) is 0.839. The predicted octanol–water partition coefficient (Wildman–Crippen LogP) is 1.64. The highest BCUT2D eigenvalue weighted by atomic mass is 16.2. The highest BCUT2D eigenvalue weighted by molar-refractivity contribution is 5.77. The number of likely N-dealkylation sites (N-methyl/N-ethyl adjacent to an activating group) is 1. The lowest BCUT2D eigenvalue weighted by Gasteiger charge is -2.43. The highest BCUT2D eigenvalue weighted by Crippen LogP contribution is 2.31. The number of hydrogen-bond acceptors (Lipinski definition) is 5. The van der Waals surface area contributed by atoms with Gasteiger partial charge in [-0.3, -0.25) is 9.69 Å². The van der Waals surface area contributed by atoms with E-state index < -0.39 is 0 Å². The van der Waals surface area contributed by atoms with Gasteiger partial charge in [0.15, 0.2) is 0 Å². The first-order valence-electron chi connectivity index (χ1n) is 9.11. The van der Waals surface area contributed by atoms with E-state index in [9.17, 15) is 4.79 Å². The summed E-state index contributed by atoms with van der Waals surface area (Å²) in [5.74, 6) is 1.75. The second-order valence-electron chi connectivity index (χ2n) is 7.20. The minimum atomic E-state index is 0.219. The maximum absolute atomic E-state index is 12.1. The topological polar surface area (TPSA) is 52.6 Å². The molecule has 132 valence electrons. The summed E-state index contributed by atoms with van der Waals surface area (Å²) in [6.07, 6.45) is 9.68. The molecule has 0 radical (unpaired) electrons. The number of rotatable bonds is 4. The molecule has 0 N–H and O–H groups in total. The summed E-state index contributed by atoms with van der Waals surface area (Å²) in [4.78, 5) is 27.3. The zero-order valence-corrected chi connectivity index (χ0v) is 14.9. The van der Waals surface area contributed by atoms with Crippen LogP contribution in [-0.4, -0.2) is 72.0 Å². The van der Waals surface area contributed by atoms with Crippen LogP contribution in [0.25, 0.3) is 0 Å². The Morgan fingerprint density at radius 2 is 1.83 bits per heavy atom. The molecule has 0 aromatic carbocycles. The molecule has 1 aromatic rings. The number of nitrogens with zero attached hydrogens (tertiary/aromatic N) is 5. The van der Waals surface area contributed by atoms with Gasteiger partial charge in [-0.1, -0.05) is 6.42 Å². The Bertz CT molecular complexity index is 527. The van der Waals surface area contributed by atoms with Gasteiger partial charge in [0, 0.05) is 45.6 Å². The van der Waals surface area contributed by atoms with E-state index >= 15 is 0 Å². The van der Waals surface area contributed by atoms with Crippen LogP contribution < -0.4 is 4.90 Å². The zero-order valence-electron chi connectivity index (χ0n) is 14.9. The molecule has 1 aromatic heterocycles. The molecule has 3 heterocycles. The number of likely N-dealkylation sites (tertiary alicyclic amines) is 1. The Morgan fingerprint density at radius 3 is 2.50 bits per heavy atom. The number of carbonyl (C=O) groups excluding carboxylic acids is 1. The normalized spacial score (nSPS) is 23.2. The molecule has 6 heteroatoms. The second kappa shape index (κ2) is 7.92. The van der Waals surface area contributed by atoms with Crippen molar-refractivity contribution >= 4 is 11.9 Å². The van der Waals surface area contributed by atoms with Gasteiger partial charge in [0.2, 0.25) is 11.9 Å². The maximum Gasteiger partial charge on any atom is 0.236 e. The molecule has 2 fully saturated rings. The molecule has 0 spiro atoms. The first-order valence-corrected chi connectivity index (χ1v) is 9.11. The Labute approximate surface area is 144 Å². The third-order valence-electron chi connectivity index (χ3n) is 5.42. The fourth-order valence-electron chi connectivity index (χ4n) is 4.00. The average molecular weight is 331 g/mol. The van der Waals surface area contributed by atoms with Crippen LogP contribution in [0.15, 0.2) is 18.5 Å². The number of hydrogen-bond donors (Lipinski definition) is 0. The van der Waals surface area contributed by atoms with E-state index in [0.29, 0.717) is 18.5 Å². The number of anilines is 1. The van der Waals surface area contributed by atoms with E-state index in [1.807, 2.05) is 32.6 Å². The molecule has 0 aliphatic carbocycles. The van der Waals surface area contributed by atoms with Crippen molar-refractivity contribution in [3.63, 3.8) is 0 Å². The molecule has 0 saturated carbocycles. The highest BCUT2D eigenvalue weighted by Gasteiger charge is 2.33. The predicted molar refractivity (Wildman–Crippen MR) is 94.9 cm³/mol. The van der Waals surface area contributed by atoms with Crippen molar-refractivity contribution in [2.75, 3.05) is 45.2 Å². The third kappa shape index (κ3) is 4.04. The first kappa shape index (κ1) is 17.1. The van der Waals surface area contributed by atoms with Crippen LogP contribution in [0, 0.1) is 5.92 Å². The van der Waals surface area contributed by atoms with Gasteiger partial charge in [-0.2, -0.15) is 0 Å². The fraction of sp³-hybridized carbons (Fsp3) is 0.722. The molecule has 3 rings (SSSR count). The van der Waals surface area contributed by atoms with E-state index in [2.05, 4.69) is 19.8 Å². The van der Waals surface area contributed by atoms with E-state index in [1.165, 1.54) is 19.3 Å². The SMILES string of the molecule is CN(C)C(=O)CN1CCCCC1C1CCN(c2ncccn2)CC1. The van der Waals surface area contributed by atoms with Gasteiger partial charge in [0.1, 0.15) is 0 Å². The molecule has 2 aliphatic heterocycles. The Kier molecular flexibility index (Phi) is 5.66. The van der Waals surface area contributed by atoms with E-state index in [-0.39, 0.29) is 5.91 Å². The van der Waals surface area contributed by atoms with Gasteiger partial charge >= 0.3 is 0 Å². The summed E-state index contributed by atoms with van der Waals surface area (Å²) in [6.45, 7) is 3.66. The Hall–Kier alpha value is -1.69. The van der Waals surface area contributed by atoms with Gasteiger partial charge in [-0.15, -0.1) is 0 Å². The third-order valence-corrected chi connectivity index (χ3v) is 5.42. The van der Waals surface area contributed by atoms with Crippen LogP contribution in [-0.2, 0) is 4.79 Å². The van der Waals surface area contributed by atoms with Crippen LogP contribution >= 0.6 is 0 Å². The lowest BCUT2D eigenvalue weighted by Crippen LogP contribution is -2.51. The summed E-state index contributed by atoms with van der Waals surface area (Å²) < 4.78 is 0. The smallest absolute Gasteiger partial charge is 0.236 e. The molecular weight excluding hydrogens is 302 g/mol. The van der Waals surface area contributed by atoms with Crippen LogP contribution in [0.3, 0.4) is 0 Å². The summed E-state index contributed by atoms with van der Waals surface area (Å²) in [5.41, 5.74) is 0. The summed E-state index contributed by atoms with van der Waals surface area (Å²) in [6, 6.07) is 2.42. The molecule has 2 saturated heterocycles. The van der Waals surface area contributed by atoms with Crippen molar-refractivity contribution in [3.05, 3.63) is 18.5 Å². The largest absolute Gasteiger partial charge is 0.348 e. The van der Waals surface area contributed by atoms with Crippen molar-refractivity contribution in [1.29, 1.82) is 0 Å². The summed E-state index contributed by atoms with van der Waals surface area (Å²) in [7, 11) is 3.69. The van der Waals surface area contributed by atoms with Gasteiger partial charge in [-0.05, 0) is 44.2 Å². The van der Waals surface area contributed by atoms with Crippen molar-refractivity contribution in [2.45, 2.75) is 38.1 Å². The molecule has 1 amide bonds. The summed E-state index contributed by atoms with van der Waals surface area (Å²) in [5, 5.41) is 0. The fourth-order valence-corrected chi connectivity index (χ4v) is 4.00. The number of carbonyl (C=O) groups is 1. The average Bonchev–Trinajstić information content (AvgIpc) is 2.63. The molecule has 24 heavy (non-hydrogen) atoms. The Morgan fingerprint density at radius 1 is 1.12 bits per heavy atom. The first-order chi connectivity index (χ1) is 11.6. The van der Waals surface area contributed by atoms with Gasteiger partial charge < -0.3 is 9.80 Å². The van der Waals surface area contributed by atoms with Crippen LogP contribution in [0.2, 0.25) is 0 Å². The van der Waals surface area contributed by atoms with Gasteiger partial charge in [0.25, 0.3) is 0 Å². The Balaban J connectivity index is 1.58. The number of piperidine rings is 2. The van der Waals surface area contributed by atoms with E-state index in [1.54, 1.807) is 4.90 Å². The monoisotopic (exact) mass is 331 g/mol. The summed E-state index contributed by atoms with van der Waals surface area (Å²) >= 11 is 0. The lowest BCUT2D eigenvalue weighted by atomic mass is 9.83. The molecule has 6 nitrogen and oxygen atoms in total. The van der Waals surface area contributed by atoms with Crippen molar-refractivity contribution in [3.8, 4) is 0 Å². The standard InChI is InChI=1S/C18H29N5O/c1-21(2)17(24)14-23-11-4-3-6-16(23)15-7-12-22(13-8-15)18-19-9-5-10-20-18/h5,9-10,15-16H,3-4,6-8,11-14H2,1-2H3. The minimum absolute atomic E-state index is 0.219. The lowest BCUT2D eigenvalue weighted by molar-refractivity contribution is -0.131. The van der Waals surface area contributed by atoms with Crippen molar-refractivity contribution < 1.29 is 4.79 Å². The molecule has 0 bridgehead atoms. The van der Waals surface area contributed by atoms with E-state index in [0.717, 1.165) is 38.4 Å². The second-order valence-corrected chi connectivity index (χ2v) is 7.20. The maximum atomic E-state index is 12.1. The molecule has 1 unspecified atom stereocenters. The van der Waals surface area contributed by atoms with Crippen molar-refractivity contribution in [2.24, 2.45) is 5.92 Å². The van der Waals surface area contributed by atoms with Crippen LogP contribution in [0.1, 0.15) is 32.1 Å². The minimum Gasteiger partial charge on any atom is -0.348 e. The van der Waals surface area contributed by atoms with E-state index in [4.69, 9.17) is 0 Å².